The predicted octanol–water partition coefficient (Wildman–Crippen LogP) is 3.83. The Morgan fingerprint density at radius 1 is 1.00 bits per heavy atom. The third kappa shape index (κ3) is 5.38. The van der Waals surface area contributed by atoms with Gasteiger partial charge in [0, 0.05) is 36.8 Å². The molecule has 11 heteroatoms. The standard InChI is InChI=1S/C23H22N6O4S/c1-15-12-19(27-17(3)30)6-9-21(15)34(31,32)28-18-4-7-20(8-5-18)33-23-13-22(25-16(2)26-23)29-11-10-24-14-29/h4-14,28H,1-3H3,(H,27,30). The fourth-order valence-electron chi connectivity index (χ4n) is 3.26. The number of carbonyl (C=O) groups excluding carboxylic acids is 1. The number of hydrogen-bond donors (Lipinski definition) is 2. The van der Waals surface area contributed by atoms with Crippen LogP contribution >= 0.6 is 0 Å². The van der Waals surface area contributed by atoms with E-state index in [1.807, 2.05) is 0 Å². The second kappa shape index (κ2) is 9.32. The molecule has 0 aliphatic rings. The summed E-state index contributed by atoms with van der Waals surface area (Å²) in [4.78, 5) is 24.0. The monoisotopic (exact) mass is 478 g/mol. The molecule has 0 spiro atoms. The van der Waals surface area contributed by atoms with Gasteiger partial charge in [0.1, 0.15) is 23.7 Å². The van der Waals surface area contributed by atoms with Crippen molar-refractivity contribution >= 4 is 27.3 Å². The number of imidazole rings is 1. The Bertz CT molecular complexity index is 1440. The fourth-order valence-corrected chi connectivity index (χ4v) is 4.54. The lowest BCUT2D eigenvalue weighted by Gasteiger charge is -2.13. The van der Waals surface area contributed by atoms with Gasteiger partial charge in [0.25, 0.3) is 10.0 Å². The highest BCUT2D eigenvalue weighted by molar-refractivity contribution is 7.92. The second-order valence-electron chi connectivity index (χ2n) is 7.47. The Labute approximate surface area is 196 Å². The number of rotatable bonds is 7. The topological polar surface area (TPSA) is 128 Å². The van der Waals surface area contributed by atoms with Crippen LogP contribution in [0.3, 0.4) is 0 Å². The lowest BCUT2D eigenvalue weighted by atomic mass is 10.2. The molecule has 2 aromatic carbocycles. The Morgan fingerprint density at radius 2 is 1.74 bits per heavy atom. The number of carbonyl (C=O) groups is 1. The van der Waals surface area contributed by atoms with Crippen molar-refractivity contribution in [2.75, 3.05) is 10.0 Å². The van der Waals surface area contributed by atoms with Gasteiger partial charge in [-0.15, -0.1) is 0 Å². The van der Waals surface area contributed by atoms with E-state index >= 15 is 0 Å². The molecule has 0 aliphatic heterocycles. The van der Waals surface area contributed by atoms with E-state index in [1.165, 1.54) is 13.0 Å². The number of anilines is 2. The van der Waals surface area contributed by atoms with E-state index in [9.17, 15) is 13.2 Å². The van der Waals surface area contributed by atoms with Crippen LogP contribution in [0.15, 0.2) is 72.1 Å². The normalized spacial score (nSPS) is 11.1. The zero-order valence-electron chi connectivity index (χ0n) is 18.7. The zero-order valence-corrected chi connectivity index (χ0v) is 19.5. The van der Waals surface area contributed by atoms with Gasteiger partial charge < -0.3 is 10.1 Å². The first kappa shape index (κ1) is 22.9. The van der Waals surface area contributed by atoms with Crippen molar-refractivity contribution in [3.63, 3.8) is 0 Å². The smallest absolute Gasteiger partial charge is 0.262 e. The van der Waals surface area contributed by atoms with Crippen LogP contribution < -0.4 is 14.8 Å². The SMILES string of the molecule is CC(=O)Nc1ccc(S(=O)(=O)Nc2ccc(Oc3cc(-n4ccnc4)nc(C)n3)cc2)c(C)c1. The van der Waals surface area contributed by atoms with E-state index in [-0.39, 0.29) is 10.8 Å². The Morgan fingerprint density at radius 3 is 2.38 bits per heavy atom. The predicted molar refractivity (Wildman–Crippen MR) is 127 cm³/mol. The molecule has 174 valence electrons. The van der Waals surface area contributed by atoms with E-state index in [0.717, 1.165) is 0 Å². The molecule has 0 saturated carbocycles. The second-order valence-corrected chi connectivity index (χ2v) is 9.13. The van der Waals surface area contributed by atoms with Crippen LogP contribution in [0, 0.1) is 13.8 Å². The lowest BCUT2D eigenvalue weighted by molar-refractivity contribution is -0.114. The van der Waals surface area contributed by atoms with Crippen molar-refractivity contribution in [2.24, 2.45) is 0 Å². The molecule has 34 heavy (non-hydrogen) atoms. The van der Waals surface area contributed by atoms with Crippen molar-refractivity contribution in [3.05, 3.63) is 78.6 Å². The van der Waals surface area contributed by atoms with Crippen molar-refractivity contribution in [1.82, 2.24) is 19.5 Å². The molecule has 10 nitrogen and oxygen atoms in total. The minimum atomic E-state index is -3.83. The number of aryl methyl sites for hydroxylation is 2. The molecular formula is C23H22N6O4S. The number of benzene rings is 2. The van der Waals surface area contributed by atoms with Crippen molar-refractivity contribution < 1.29 is 17.9 Å². The summed E-state index contributed by atoms with van der Waals surface area (Å²) >= 11 is 0. The number of amides is 1. The van der Waals surface area contributed by atoms with Gasteiger partial charge in [-0.25, -0.2) is 18.4 Å². The maximum atomic E-state index is 12.9. The first-order valence-corrected chi connectivity index (χ1v) is 11.7. The summed E-state index contributed by atoms with van der Waals surface area (Å²) in [6.45, 7) is 4.81. The van der Waals surface area contributed by atoms with Gasteiger partial charge in [-0.2, -0.15) is 4.98 Å². The molecule has 4 rings (SSSR count). The average molecular weight is 479 g/mol. The molecule has 0 unspecified atom stereocenters. The number of aromatic nitrogens is 4. The summed E-state index contributed by atoms with van der Waals surface area (Å²) in [6, 6.07) is 12.8. The highest BCUT2D eigenvalue weighted by Gasteiger charge is 2.17. The minimum Gasteiger partial charge on any atom is -0.439 e. The molecule has 0 fully saturated rings. The quantitative estimate of drug-likeness (QED) is 0.413. The molecule has 2 heterocycles. The van der Waals surface area contributed by atoms with E-state index in [0.29, 0.717) is 40.2 Å². The van der Waals surface area contributed by atoms with E-state index in [1.54, 1.807) is 79.6 Å². The highest BCUT2D eigenvalue weighted by atomic mass is 32.2. The Kier molecular flexibility index (Phi) is 6.28. The summed E-state index contributed by atoms with van der Waals surface area (Å²) in [6.07, 6.45) is 5.04. The number of ether oxygens (including phenoxy) is 1. The molecular weight excluding hydrogens is 456 g/mol. The molecule has 0 saturated heterocycles. The van der Waals surface area contributed by atoms with Crippen LogP contribution in [0.25, 0.3) is 5.82 Å². The number of hydrogen-bond acceptors (Lipinski definition) is 7. The molecule has 1 amide bonds. The fraction of sp³-hybridized carbons (Fsp3) is 0.130. The Balaban J connectivity index is 1.49. The van der Waals surface area contributed by atoms with Crippen LogP contribution in [0.1, 0.15) is 18.3 Å². The van der Waals surface area contributed by atoms with Crippen LogP contribution in [0.5, 0.6) is 11.6 Å². The van der Waals surface area contributed by atoms with Crippen molar-refractivity contribution in [2.45, 2.75) is 25.7 Å². The van der Waals surface area contributed by atoms with Crippen molar-refractivity contribution in [3.8, 4) is 17.4 Å². The number of nitrogens with zero attached hydrogens (tertiary/aromatic N) is 4. The van der Waals surface area contributed by atoms with E-state index in [2.05, 4.69) is 25.0 Å². The van der Waals surface area contributed by atoms with Gasteiger partial charge in [-0.3, -0.25) is 14.1 Å². The third-order valence-electron chi connectivity index (χ3n) is 4.68. The number of nitrogens with one attached hydrogen (secondary N) is 2. The van der Waals surface area contributed by atoms with Gasteiger partial charge in [-0.05, 0) is 61.9 Å². The largest absolute Gasteiger partial charge is 0.439 e. The van der Waals surface area contributed by atoms with Crippen LogP contribution in [-0.2, 0) is 14.8 Å². The van der Waals surface area contributed by atoms with Gasteiger partial charge in [0.05, 0.1) is 4.90 Å². The maximum absolute atomic E-state index is 12.9. The van der Waals surface area contributed by atoms with Crippen LogP contribution in [-0.4, -0.2) is 33.8 Å². The molecule has 0 bridgehead atoms. The molecule has 0 aliphatic carbocycles. The molecule has 4 aromatic rings. The van der Waals surface area contributed by atoms with Crippen LogP contribution in [0.2, 0.25) is 0 Å². The van der Waals surface area contributed by atoms with E-state index < -0.39 is 10.0 Å². The van der Waals surface area contributed by atoms with Gasteiger partial charge in [0.15, 0.2) is 0 Å². The summed E-state index contributed by atoms with van der Waals surface area (Å²) in [7, 11) is -3.83. The van der Waals surface area contributed by atoms with Crippen molar-refractivity contribution in [1.29, 1.82) is 0 Å². The average Bonchev–Trinajstić information content (AvgIpc) is 3.29. The lowest BCUT2D eigenvalue weighted by Crippen LogP contribution is -2.14. The third-order valence-corrected chi connectivity index (χ3v) is 6.23. The summed E-state index contributed by atoms with van der Waals surface area (Å²) in [5.41, 5.74) is 1.41. The number of sulfonamides is 1. The summed E-state index contributed by atoms with van der Waals surface area (Å²) in [5, 5.41) is 2.63. The zero-order chi connectivity index (χ0) is 24.3. The maximum Gasteiger partial charge on any atom is 0.262 e. The summed E-state index contributed by atoms with van der Waals surface area (Å²) in [5.74, 6) is 1.74. The minimum absolute atomic E-state index is 0.116. The Hall–Kier alpha value is -4.25. The van der Waals surface area contributed by atoms with Gasteiger partial charge in [0.2, 0.25) is 11.8 Å². The molecule has 2 aromatic heterocycles. The summed E-state index contributed by atoms with van der Waals surface area (Å²) < 4.78 is 35.9. The van der Waals surface area contributed by atoms with Gasteiger partial charge in [-0.1, -0.05) is 0 Å². The van der Waals surface area contributed by atoms with E-state index in [4.69, 9.17) is 4.74 Å². The van der Waals surface area contributed by atoms with Crippen LogP contribution in [0.4, 0.5) is 11.4 Å². The first-order chi connectivity index (χ1) is 16.2. The molecule has 0 atom stereocenters. The highest BCUT2D eigenvalue weighted by Crippen LogP contribution is 2.26. The molecule has 2 N–H and O–H groups in total. The van der Waals surface area contributed by atoms with Gasteiger partial charge >= 0.3 is 0 Å². The first-order valence-electron chi connectivity index (χ1n) is 10.2. The molecule has 0 radical (unpaired) electrons.